The first kappa shape index (κ1) is 10.3. The molecule has 0 heterocycles. The van der Waals surface area contributed by atoms with E-state index in [9.17, 15) is 4.79 Å². The van der Waals surface area contributed by atoms with Crippen LogP contribution >= 0.6 is 11.8 Å². The molecule has 11 heavy (non-hydrogen) atoms. The highest BCUT2D eigenvalue weighted by Gasteiger charge is 1.98. The molecule has 0 aromatic rings. The molecule has 0 saturated heterocycles. The number of rotatable bonds is 5. The number of carbonyl (C=O) groups is 1. The molecule has 0 bridgehead atoms. The summed E-state index contributed by atoms with van der Waals surface area (Å²) < 4.78 is 0. The van der Waals surface area contributed by atoms with Gasteiger partial charge in [0.05, 0.1) is 18.4 Å². The van der Waals surface area contributed by atoms with E-state index in [0.29, 0.717) is 11.5 Å². The molecule has 0 atom stereocenters. The maximum absolute atomic E-state index is 10.7. The molecule has 0 fully saturated rings. The van der Waals surface area contributed by atoms with Crippen LogP contribution in [0.3, 0.4) is 0 Å². The Kier molecular flexibility index (Phi) is 6.89. The van der Waals surface area contributed by atoms with Gasteiger partial charge < -0.3 is 10.4 Å². The summed E-state index contributed by atoms with van der Waals surface area (Å²) in [5.74, 6) is 0.701. The van der Waals surface area contributed by atoms with Gasteiger partial charge in [0.15, 0.2) is 0 Å². The average Bonchev–Trinajstić information content (AvgIpc) is 2.01. The number of carbonyl (C=O) groups excluding carboxylic acids is 1. The lowest BCUT2D eigenvalue weighted by Gasteiger charge is -1.98. The van der Waals surface area contributed by atoms with Gasteiger partial charge in [-0.15, -0.1) is 11.8 Å². The first-order chi connectivity index (χ1) is 5.31. The van der Waals surface area contributed by atoms with Gasteiger partial charge in [0.25, 0.3) is 0 Å². The van der Waals surface area contributed by atoms with Crippen molar-refractivity contribution < 1.29 is 9.90 Å². The number of hydrogen-bond donors (Lipinski definition) is 2. The molecule has 1 amide bonds. The summed E-state index contributed by atoms with van der Waals surface area (Å²) >= 11 is 1.34. The average molecular weight is 174 g/mol. The number of aliphatic hydroxyl groups is 1. The van der Waals surface area contributed by atoms with Crippen molar-refractivity contribution in [1.29, 1.82) is 5.26 Å². The van der Waals surface area contributed by atoms with E-state index in [1.54, 1.807) is 6.07 Å². The molecule has 0 spiro atoms. The predicted molar refractivity (Wildman–Crippen MR) is 43.0 cm³/mol. The van der Waals surface area contributed by atoms with Crippen LogP contribution in [0.5, 0.6) is 0 Å². The smallest absolute Gasteiger partial charge is 0.230 e. The Morgan fingerprint density at radius 3 is 3.00 bits per heavy atom. The third-order valence-corrected chi connectivity index (χ3v) is 1.77. The van der Waals surface area contributed by atoms with Crippen molar-refractivity contribution in [3.63, 3.8) is 0 Å². The highest BCUT2D eigenvalue weighted by Crippen LogP contribution is 1.96. The van der Waals surface area contributed by atoms with Crippen LogP contribution in [0.25, 0.3) is 0 Å². The Morgan fingerprint density at radius 1 is 1.73 bits per heavy atom. The van der Waals surface area contributed by atoms with Crippen LogP contribution in [0, 0.1) is 11.3 Å². The Labute approximate surface area is 69.6 Å². The molecule has 0 aliphatic heterocycles. The summed E-state index contributed by atoms with van der Waals surface area (Å²) in [6.07, 6.45) is 0. The molecule has 5 heteroatoms. The third kappa shape index (κ3) is 7.16. The zero-order chi connectivity index (χ0) is 8.53. The summed E-state index contributed by atoms with van der Waals surface area (Å²) in [5, 5.41) is 18.8. The fourth-order valence-electron chi connectivity index (χ4n) is 0.419. The second-order valence-electron chi connectivity index (χ2n) is 1.71. The summed E-state index contributed by atoms with van der Waals surface area (Å²) in [7, 11) is 0. The molecule has 0 radical (unpaired) electrons. The highest BCUT2D eigenvalue weighted by molar-refractivity contribution is 7.99. The van der Waals surface area contributed by atoms with E-state index in [4.69, 9.17) is 10.4 Å². The van der Waals surface area contributed by atoms with E-state index in [1.807, 2.05) is 0 Å². The lowest BCUT2D eigenvalue weighted by Crippen LogP contribution is -2.25. The lowest BCUT2D eigenvalue weighted by molar-refractivity contribution is -0.118. The van der Waals surface area contributed by atoms with E-state index < -0.39 is 0 Å². The molecular formula is C6H10N2O2S. The van der Waals surface area contributed by atoms with Crippen LogP contribution in [0.4, 0.5) is 0 Å². The van der Waals surface area contributed by atoms with Crippen molar-refractivity contribution >= 4 is 17.7 Å². The predicted octanol–water partition coefficient (Wildman–Crippen LogP) is -0.648. The number of amides is 1. The van der Waals surface area contributed by atoms with E-state index >= 15 is 0 Å². The fourth-order valence-corrected chi connectivity index (χ4v) is 0.979. The molecule has 0 unspecified atom stereocenters. The topological polar surface area (TPSA) is 73.1 Å². The van der Waals surface area contributed by atoms with Crippen LogP contribution in [-0.4, -0.2) is 35.7 Å². The minimum atomic E-state index is -0.162. The van der Waals surface area contributed by atoms with Crippen molar-refractivity contribution in [3.05, 3.63) is 0 Å². The zero-order valence-corrected chi connectivity index (χ0v) is 6.86. The quantitative estimate of drug-likeness (QED) is 0.429. The minimum absolute atomic E-state index is 0.0541. The molecule has 0 saturated carbocycles. The third-order valence-electron chi connectivity index (χ3n) is 0.833. The fraction of sp³-hybridized carbons (Fsp3) is 0.667. The van der Waals surface area contributed by atoms with Gasteiger partial charge in [-0.1, -0.05) is 0 Å². The Bertz CT molecular complexity index is 155. The first-order valence-electron chi connectivity index (χ1n) is 3.13. The number of hydrogen-bond acceptors (Lipinski definition) is 4. The van der Waals surface area contributed by atoms with Gasteiger partial charge in [-0.3, -0.25) is 4.79 Å². The van der Waals surface area contributed by atoms with Gasteiger partial charge in [0, 0.05) is 5.75 Å². The first-order valence-corrected chi connectivity index (χ1v) is 4.29. The molecule has 62 valence electrons. The second-order valence-corrected chi connectivity index (χ2v) is 2.82. The van der Waals surface area contributed by atoms with Crippen molar-refractivity contribution in [2.45, 2.75) is 0 Å². The Morgan fingerprint density at radius 2 is 2.45 bits per heavy atom. The maximum atomic E-state index is 10.7. The van der Waals surface area contributed by atoms with Gasteiger partial charge in [0.1, 0.15) is 6.54 Å². The lowest BCUT2D eigenvalue weighted by atomic mass is 10.6. The summed E-state index contributed by atoms with van der Waals surface area (Å²) in [6, 6.07) is 1.80. The van der Waals surface area contributed by atoms with Gasteiger partial charge in [-0.25, -0.2) is 0 Å². The monoisotopic (exact) mass is 174 g/mol. The summed E-state index contributed by atoms with van der Waals surface area (Å²) in [6.45, 7) is 0.134. The van der Waals surface area contributed by atoms with Crippen molar-refractivity contribution in [2.24, 2.45) is 0 Å². The number of nitrogens with one attached hydrogen (secondary N) is 1. The van der Waals surface area contributed by atoms with Crippen LogP contribution < -0.4 is 5.32 Å². The van der Waals surface area contributed by atoms with Gasteiger partial charge in [0.2, 0.25) is 5.91 Å². The van der Waals surface area contributed by atoms with Gasteiger partial charge in [-0.2, -0.15) is 5.26 Å². The molecular weight excluding hydrogens is 164 g/mol. The second kappa shape index (κ2) is 7.38. The van der Waals surface area contributed by atoms with Crippen LogP contribution in [0.15, 0.2) is 0 Å². The SMILES string of the molecule is N#CCNC(=O)CSCCO. The number of nitriles is 1. The van der Waals surface area contributed by atoms with Gasteiger partial charge >= 0.3 is 0 Å². The van der Waals surface area contributed by atoms with Crippen molar-refractivity contribution in [2.75, 3.05) is 24.7 Å². The number of nitrogens with zero attached hydrogens (tertiary/aromatic N) is 1. The number of thioether (sulfide) groups is 1. The Hall–Kier alpha value is -0.730. The highest BCUT2D eigenvalue weighted by atomic mass is 32.2. The summed E-state index contributed by atoms with van der Waals surface area (Å²) in [5.41, 5.74) is 0. The van der Waals surface area contributed by atoms with E-state index in [-0.39, 0.29) is 19.1 Å². The van der Waals surface area contributed by atoms with Crippen molar-refractivity contribution in [3.8, 4) is 6.07 Å². The van der Waals surface area contributed by atoms with E-state index in [2.05, 4.69) is 5.32 Å². The van der Waals surface area contributed by atoms with Crippen LogP contribution in [0.2, 0.25) is 0 Å². The van der Waals surface area contributed by atoms with Crippen molar-refractivity contribution in [1.82, 2.24) is 5.32 Å². The number of aliphatic hydroxyl groups excluding tert-OH is 1. The molecule has 2 N–H and O–H groups in total. The molecule has 0 rings (SSSR count). The zero-order valence-electron chi connectivity index (χ0n) is 6.04. The standard InChI is InChI=1S/C6H10N2O2S/c7-1-2-8-6(10)5-11-4-3-9/h9H,2-5H2,(H,8,10). The molecule has 0 aliphatic rings. The largest absolute Gasteiger partial charge is 0.396 e. The molecule has 4 nitrogen and oxygen atoms in total. The summed E-state index contributed by atoms with van der Waals surface area (Å²) in [4.78, 5) is 10.7. The van der Waals surface area contributed by atoms with Gasteiger partial charge in [-0.05, 0) is 0 Å². The molecule has 0 aromatic carbocycles. The normalized spacial score (nSPS) is 8.73. The maximum Gasteiger partial charge on any atom is 0.230 e. The van der Waals surface area contributed by atoms with E-state index in [1.165, 1.54) is 11.8 Å². The van der Waals surface area contributed by atoms with Crippen LogP contribution in [0.1, 0.15) is 0 Å². The molecule has 0 aromatic heterocycles. The van der Waals surface area contributed by atoms with Crippen LogP contribution in [-0.2, 0) is 4.79 Å². The Balaban J connectivity index is 3.17. The van der Waals surface area contributed by atoms with E-state index in [0.717, 1.165) is 0 Å². The molecule has 0 aliphatic carbocycles. The minimum Gasteiger partial charge on any atom is -0.396 e.